The van der Waals surface area contributed by atoms with E-state index in [0.29, 0.717) is 27.7 Å². The van der Waals surface area contributed by atoms with Crippen molar-refractivity contribution >= 4 is 23.2 Å². The van der Waals surface area contributed by atoms with Gasteiger partial charge in [0.15, 0.2) is 0 Å². The van der Waals surface area contributed by atoms with Crippen molar-refractivity contribution in [3.63, 3.8) is 0 Å². The predicted molar refractivity (Wildman–Crippen MR) is 80.6 cm³/mol. The smallest absolute Gasteiger partial charge is 0.223 e. The van der Waals surface area contributed by atoms with Crippen LogP contribution in [0.15, 0.2) is 36.5 Å². The molecule has 3 nitrogen and oxygen atoms in total. The van der Waals surface area contributed by atoms with Gasteiger partial charge in [-0.15, -0.1) is 0 Å². The first kappa shape index (κ1) is 13.7. The molecule has 0 atom stereocenters. The summed E-state index contributed by atoms with van der Waals surface area (Å²) < 4.78 is 5.80. The molecular formula is C15H14Cl2N2O. The second kappa shape index (κ2) is 6.00. The molecule has 1 aliphatic carbocycles. The summed E-state index contributed by atoms with van der Waals surface area (Å²) in [6.45, 7) is 0.752. The van der Waals surface area contributed by atoms with E-state index < -0.39 is 0 Å². The molecular weight excluding hydrogens is 295 g/mol. The second-order valence-corrected chi connectivity index (χ2v) is 5.70. The lowest BCUT2D eigenvalue weighted by Gasteiger charge is -2.11. The van der Waals surface area contributed by atoms with Crippen LogP contribution in [0.3, 0.4) is 0 Å². The monoisotopic (exact) mass is 308 g/mol. The lowest BCUT2D eigenvalue weighted by molar-refractivity contribution is 0.453. The molecule has 0 unspecified atom stereocenters. The second-order valence-electron chi connectivity index (χ2n) is 4.83. The molecule has 1 aliphatic rings. The quantitative estimate of drug-likeness (QED) is 0.887. The van der Waals surface area contributed by atoms with Crippen LogP contribution in [0.4, 0.5) is 0 Å². The van der Waals surface area contributed by atoms with Crippen molar-refractivity contribution in [2.24, 2.45) is 0 Å². The zero-order valence-corrected chi connectivity index (χ0v) is 12.3. The number of ether oxygens (including phenoxy) is 1. The molecule has 0 bridgehead atoms. The van der Waals surface area contributed by atoms with E-state index in [1.807, 2.05) is 12.1 Å². The average molecular weight is 309 g/mol. The van der Waals surface area contributed by atoms with Crippen molar-refractivity contribution < 1.29 is 4.74 Å². The van der Waals surface area contributed by atoms with E-state index in [4.69, 9.17) is 27.9 Å². The van der Waals surface area contributed by atoms with Gasteiger partial charge in [-0.25, -0.2) is 4.98 Å². The Bertz CT molecular complexity index is 594. The number of halogens is 2. The normalized spacial score (nSPS) is 14.3. The standard InChI is InChI=1S/C15H14Cl2N2O/c16-11-6-12(17)8-14(7-11)20-15-10(2-1-5-18-15)9-19-13-3-4-13/h1-2,5-8,13,19H,3-4,9H2. The van der Waals surface area contributed by atoms with Gasteiger partial charge in [-0.05, 0) is 37.1 Å². The van der Waals surface area contributed by atoms with Crippen LogP contribution in [0.1, 0.15) is 18.4 Å². The Morgan fingerprint density at radius 1 is 1.20 bits per heavy atom. The first-order chi connectivity index (χ1) is 9.70. The Morgan fingerprint density at radius 2 is 1.95 bits per heavy atom. The number of benzene rings is 1. The number of pyridine rings is 1. The van der Waals surface area contributed by atoms with Gasteiger partial charge in [-0.1, -0.05) is 29.3 Å². The minimum absolute atomic E-state index is 0.543. The summed E-state index contributed by atoms with van der Waals surface area (Å²) in [5.41, 5.74) is 1.02. The molecule has 104 valence electrons. The first-order valence-electron chi connectivity index (χ1n) is 6.52. The fourth-order valence-corrected chi connectivity index (χ4v) is 2.40. The molecule has 1 heterocycles. The Hall–Kier alpha value is -1.29. The van der Waals surface area contributed by atoms with E-state index in [9.17, 15) is 0 Å². The molecule has 0 amide bonds. The van der Waals surface area contributed by atoms with Gasteiger partial charge in [0.1, 0.15) is 5.75 Å². The van der Waals surface area contributed by atoms with E-state index in [-0.39, 0.29) is 0 Å². The van der Waals surface area contributed by atoms with Gasteiger partial charge in [0.05, 0.1) is 0 Å². The molecule has 3 rings (SSSR count). The van der Waals surface area contributed by atoms with Crippen LogP contribution in [0.2, 0.25) is 10.0 Å². The van der Waals surface area contributed by atoms with E-state index >= 15 is 0 Å². The van der Waals surface area contributed by atoms with Crippen LogP contribution in [0.5, 0.6) is 11.6 Å². The van der Waals surface area contributed by atoms with Crippen LogP contribution in [-0.2, 0) is 6.54 Å². The van der Waals surface area contributed by atoms with Crippen LogP contribution in [-0.4, -0.2) is 11.0 Å². The highest BCUT2D eigenvalue weighted by Gasteiger charge is 2.20. The molecule has 1 N–H and O–H groups in total. The summed E-state index contributed by atoms with van der Waals surface area (Å²) in [6.07, 6.45) is 4.21. The summed E-state index contributed by atoms with van der Waals surface area (Å²) >= 11 is 11.9. The number of hydrogen-bond acceptors (Lipinski definition) is 3. The Morgan fingerprint density at radius 3 is 2.65 bits per heavy atom. The third-order valence-electron chi connectivity index (χ3n) is 3.06. The van der Waals surface area contributed by atoms with Crippen LogP contribution >= 0.6 is 23.2 Å². The largest absolute Gasteiger partial charge is 0.439 e. The lowest BCUT2D eigenvalue weighted by Crippen LogP contribution is -2.16. The molecule has 1 aromatic heterocycles. The number of aromatic nitrogens is 1. The van der Waals surface area contributed by atoms with Crippen molar-refractivity contribution in [3.8, 4) is 11.6 Å². The Kier molecular flexibility index (Phi) is 4.10. The maximum atomic E-state index is 5.97. The molecule has 2 aromatic rings. The van der Waals surface area contributed by atoms with Gasteiger partial charge in [0, 0.05) is 34.4 Å². The van der Waals surface area contributed by atoms with Crippen molar-refractivity contribution in [1.29, 1.82) is 0 Å². The number of rotatable bonds is 5. The topological polar surface area (TPSA) is 34.1 Å². The minimum atomic E-state index is 0.543. The maximum Gasteiger partial charge on any atom is 0.223 e. The summed E-state index contributed by atoms with van der Waals surface area (Å²) in [5.74, 6) is 1.17. The van der Waals surface area contributed by atoms with Gasteiger partial charge in [-0.3, -0.25) is 0 Å². The van der Waals surface area contributed by atoms with Crippen LogP contribution < -0.4 is 10.1 Å². The molecule has 0 aliphatic heterocycles. The maximum absolute atomic E-state index is 5.97. The highest BCUT2D eigenvalue weighted by Crippen LogP contribution is 2.29. The Balaban J connectivity index is 1.78. The highest BCUT2D eigenvalue weighted by molar-refractivity contribution is 6.34. The minimum Gasteiger partial charge on any atom is -0.439 e. The fourth-order valence-electron chi connectivity index (χ4n) is 1.89. The molecule has 0 saturated heterocycles. The Labute approximate surface area is 127 Å². The predicted octanol–water partition coefficient (Wildman–Crippen LogP) is 4.43. The highest BCUT2D eigenvalue weighted by atomic mass is 35.5. The number of nitrogens with zero attached hydrogens (tertiary/aromatic N) is 1. The summed E-state index contributed by atoms with van der Waals surface area (Å²) in [4.78, 5) is 4.28. The van der Waals surface area contributed by atoms with E-state index in [2.05, 4.69) is 10.3 Å². The molecule has 1 saturated carbocycles. The van der Waals surface area contributed by atoms with E-state index in [0.717, 1.165) is 12.1 Å². The van der Waals surface area contributed by atoms with Gasteiger partial charge in [-0.2, -0.15) is 0 Å². The first-order valence-corrected chi connectivity index (χ1v) is 7.27. The number of nitrogens with one attached hydrogen (secondary N) is 1. The van der Waals surface area contributed by atoms with Crippen LogP contribution in [0, 0.1) is 0 Å². The van der Waals surface area contributed by atoms with Crippen molar-refractivity contribution in [2.45, 2.75) is 25.4 Å². The molecule has 0 radical (unpaired) electrons. The molecule has 1 fully saturated rings. The molecule has 5 heteroatoms. The molecule has 1 aromatic carbocycles. The van der Waals surface area contributed by atoms with Gasteiger partial charge < -0.3 is 10.1 Å². The SMILES string of the molecule is Clc1cc(Cl)cc(Oc2ncccc2CNC2CC2)c1. The van der Waals surface area contributed by atoms with Crippen molar-refractivity contribution in [2.75, 3.05) is 0 Å². The summed E-state index contributed by atoms with van der Waals surface area (Å²) in [6, 6.07) is 9.67. The zero-order valence-electron chi connectivity index (χ0n) is 10.8. The molecule has 0 spiro atoms. The average Bonchev–Trinajstić information content (AvgIpc) is 3.20. The summed E-state index contributed by atoms with van der Waals surface area (Å²) in [7, 11) is 0. The zero-order chi connectivity index (χ0) is 13.9. The molecule has 20 heavy (non-hydrogen) atoms. The van der Waals surface area contributed by atoms with Gasteiger partial charge in [0.25, 0.3) is 0 Å². The fraction of sp³-hybridized carbons (Fsp3) is 0.267. The third-order valence-corrected chi connectivity index (χ3v) is 3.50. The van der Waals surface area contributed by atoms with Gasteiger partial charge in [0.2, 0.25) is 5.88 Å². The van der Waals surface area contributed by atoms with Crippen molar-refractivity contribution in [3.05, 3.63) is 52.1 Å². The van der Waals surface area contributed by atoms with Crippen LogP contribution in [0.25, 0.3) is 0 Å². The lowest BCUT2D eigenvalue weighted by atomic mass is 10.2. The third kappa shape index (κ3) is 3.63. The van der Waals surface area contributed by atoms with Crippen molar-refractivity contribution in [1.82, 2.24) is 10.3 Å². The summed E-state index contributed by atoms with van der Waals surface area (Å²) in [5, 5.41) is 4.54. The number of hydrogen-bond donors (Lipinski definition) is 1. The van der Waals surface area contributed by atoms with E-state index in [1.165, 1.54) is 12.8 Å². The van der Waals surface area contributed by atoms with E-state index in [1.54, 1.807) is 24.4 Å². The van der Waals surface area contributed by atoms with Gasteiger partial charge >= 0.3 is 0 Å².